The van der Waals surface area contributed by atoms with E-state index in [1.807, 2.05) is 18.0 Å². The molecule has 12 nitrogen and oxygen atoms in total. The van der Waals surface area contributed by atoms with Crippen LogP contribution in [-0.4, -0.2) is 90.5 Å². The Kier molecular flexibility index (Phi) is 9.43. The number of piperidine rings is 1. The van der Waals surface area contributed by atoms with Crippen molar-refractivity contribution in [1.82, 2.24) is 40.1 Å². The molecule has 2 amide bonds. The van der Waals surface area contributed by atoms with Crippen molar-refractivity contribution in [3.05, 3.63) is 64.5 Å². The Hall–Kier alpha value is -3.90. The molecule has 0 saturated carbocycles. The minimum Gasteiger partial charge on any atom is -0.487 e. The number of likely N-dealkylation sites (tertiary alicyclic amines) is 1. The third-order valence-corrected chi connectivity index (χ3v) is 8.38. The summed E-state index contributed by atoms with van der Waals surface area (Å²) >= 11 is 0. The normalized spacial score (nSPS) is 16.6. The van der Waals surface area contributed by atoms with E-state index in [9.17, 15) is 14.7 Å². The number of benzene rings is 1. The van der Waals surface area contributed by atoms with Crippen LogP contribution in [0.5, 0.6) is 5.75 Å². The Balaban J connectivity index is 1.08. The van der Waals surface area contributed by atoms with Gasteiger partial charge in [0.1, 0.15) is 24.4 Å². The number of nitrogens with one attached hydrogen (secondary N) is 1. The number of β-amino-alcohol motifs (C(OH)–C–C–N with tert-alkyl or cyclic N) is 1. The summed E-state index contributed by atoms with van der Waals surface area (Å²) in [6.45, 7) is 7.77. The zero-order valence-electron chi connectivity index (χ0n) is 24.6. The smallest absolute Gasteiger partial charge is 0.270 e. The zero-order chi connectivity index (χ0) is 29.6. The first kappa shape index (κ1) is 29.6. The van der Waals surface area contributed by atoms with E-state index >= 15 is 0 Å². The molecule has 4 heterocycles. The number of hydrogen-bond donors (Lipinski definition) is 2. The molecular formula is C30H40N8O4. The van der Waals surface area contributed by atoms with Crippen LogP contribution < -0.4 is 10.1 Å². The molecule has 0 unspecified atom stereocenters. The summed E-state index contributed by atoms with van der Waals surface area (Å²) in [4.78, 5) is 37.0. The number of aromatic nitrogens is 5. The third kappa shape index (κ3) is 7.29. The highest BCUT2D eigenvalue weighted by Crippen LogP contribution is 2.30. The van der Waals surface area contributed by atoms with E-state index in [2.05, 4.69) is 43.5 Å². The maximum atomic E-state index is 12.8. The number of aryl methyl sites for hydroxylation is 1. The molecule has 1 saturated heterocycles. The fourth-order valence-electron chi connectivity index (χ4n) is 5.83. The van der Waals surface area contributed by atoms with Crippen LogP contribution in [0.1, 0.15) is 58.3 Å². The highest BCUT2D eigenvalue weighted by atomic mass is 16.5. The number of nitrogens with zero attached hydrogens (tertiary/aromatic N) is 7. The van der Waals surface area contributed by atoms with Gasteiger partial charge in [-0.05, 0) is 67.3 Å². The molecule has 1 aromatic carbocycles. The van der Waals surface area contributed by atoms with Gasteiger partial charge in [-0.25, -0.2) is 14.6 Å². The predicted molar refractivity (Wildman–Crippen MR) is 155 cm³/mol. The molecule has 1 atom stereocenters. The van der Waals surface area contributed by atoms with E-state index < -0.39 is 6.10 Å². The van der Waals surface area contributed by atoms with Gasteiger partial charge in [-0.1, -0.05) is 11.3 Å². The predicted octanol–water partition coefficient (Wildman–Crippen LogP) is 1.44. The molecule has 0 aliphatic carbocycles. The first-order valence-corrected chi connectivity index (χ1v) is 14.6. The summed E-state index contributed by atoms with van der Waals surface area (Å²) in [5, 5.41) is 21.4. The number of amides is 2. The minimum absolute atomic E-state index is 0.118. The lowest BCUT2D eigenvalue weighted by Crippen LogP contribution is -2.42. The molecule has 42 heavy (non-hydrogen) atoms. The quantitative estimate of drug-likeness (QED) is 0.367. The standard InChI is InChI=1S/C30H40N8O4/c1-20-27-8-9-37(16-23(27)4-5-29(20)42-18-25-14-34-35-36(25)3)17-26(40)15-31-30(41)28-13-24(32-19-33-28)12-22-6-10-38(11-7-22)21(2)39/h4-5,13-14,19,22,26,40H,6-12,15-18H2,1-3H3,(H,31,41)/t26-/m0/s1. The van der Waals surface area contributed by atoms with Gasteiger partial charge in [-0.3, -0.25) is 14.5 Å². The third-order valence-electron chi connectivity index (χ3n) is 8.38. The van der Waals surface area contributed by atoms with E-state index in [-0.39, 0.29) is 18.4 Å². The second kappa shape index (κ2) is 13.4. The van der Waals surface area contributed by atoms with E-state index in [0.717, 1.165) is 74.6 Å². The second-order valence-corrected chi connectivity index (χ2v) is 11.4. The number of carbonyl (C=O) groups is 2. The van der Waals surface area contributed by atoms with Crippen molar-refractivity contribution in [1.29, 1.82) is 0 Å². The zero-order valence-corrected chi connectivity index (χ0v) is 24.6. The van der Waals surface area contributed by atoms with Crippen molar-refractivity contribution in [2.75, 3.05) is 32.7 Å². The highest BCUT2D eigenvalue weighted by Gasteiger charge is 2.24. The van der Waals surface area contributed by atoms with Crippen LogP contribution in [0.2, 0.25) is 0 Å². The monoisotopic (exact) mass is 576 g/mol. The van der Waals surface area contributed by atoms with Gasteiger partial charge < -0.3 is 20.1 Å². The number of ether oxygens (including phenoxy) is 1. The summed E-state index contributed by atoms with van der Waals surface area (Å²) in [6, 6.07) is 5.83. The number of hydrogen-bond acceptors (Lipinski definition) is 9. The molecule has 1 fully saturated rings. The Morgan fingerprint density at radius 1 is 1.19 bits per heavy atom. The number of fused-ring (bicyclic) bond motifs is 1. The van der Waals surface area contributed by atoms with Crippen molar-refractivity contribution < 1.29 is 19.4 Å². The molecule has 2 aliphatic heterocycles. The minimum atomic E-state index is -0.709. The lowest BCUT2D eigenvalue weighted by Gasteiger charge is -2.31. The lowest BCUT2D eigenvalue weighted by molar-refractivity contribution is -0.130. The first-order valence-electron chi connectivity index (χ1n) is 14.6. The van der Waals surface area contributed by atoms with E-state index in [4.69, 9.17) is 4.74 Å². The topological polar surface area (TPSA) is 139 Å². The fraction of sp³-hybridized carbons (Fsp3) is 0.533. The van der Waals surface area contributed by atoms with Gasteiger partial charge in [0.15, 0.2) is 0 Å². The molecule has 5 rings (SSSR count). The average Bonchev–Trinajstić information content (AvgIpc) is 3.40. The maximum absolute atomic E-state index is 12.8. The van der Waals surface area contributed by atoms with E-state index in [0.29, 0.717) is 24.8 Å². The van der Waals surface area contributed by atoms with Crippen molar-refractivity contribution in [2.24, 2.45) is 13.0 Å². The Labute approximate surface area is 246 Å². The van der Waals surface area contributed by atoms with Gasteiger partial charge in [0.2, 0.25) is 5.91 Å². The number of rotatable bonds is 10. The van der Waals surface area contributed by atoms with Gasteiger partial charge in [0, 0.05) is 58.9 Å². The fourth-order valence-corrected chi connectivity index (χ4v) is 5.83. The molecule has 0 spiro atoms. The van der Waals surface area contributed by atoms with Crippen LogP contribution in [0, 0.1) is 12.8 Å². The summed E-state index contributed by atoms with van der Waals surface area (Å²) in [5.41, 5.74) is 5.68. The largest absolute Gasteiger partial charge is 0.487 e. The highest BCUT2D eigenvalue weighted by molar-refractivity contribution is 5.92. The van der Waals surface area contributed by atoms with Gasteiger partial charge in [0.25, 0.3) is 5.91 Å². The molecule has 3 aromatic rings. The van der Waals surface area contributed by atoms with Crippen molar-refractivity contribution in [3.8, 4) is 5.75 Å². The summed E-state index contributed by atoms with van der Waals surface area (Å²) in [6.07, 6.45) is 5.89. The summed E-state index contributed by atoms with van der Waals surface area (Å²) < 4.78 is 7.75. The average molecular weight is 577 g/mol. The van der Waals surface area contributed by atoms with Crippen molar-refractivity contribution in [3.63, 3.8) is 0 Å². The van der Waals surface area contributed by atoms with Crippen LogP contribution in [0.4, 0.5) is 0 Å². The van der Waals surface area contributed by atoms with Crippen molar-refractivity contribution in [2.45, 2.75) is 58.8 Å². The number of aliphatic hydroxyl groups excluding tert-OH is 1. The maximum Gasteiger partial charge on any atom is 0.270 e. The van der Waals surface area contributed by atoms with Crippen LogP contribution in [0.3, 0.4) is 0 Å². The van der Waals surface area contributed by atoms with Crippen LogP contribution >= 0.6 is 0 Å². The summed E-state index contributed by atoms with van der Waals surface area (Å²) in [7, 11) is 1.84. The molecule has 224 valence electrons. The van der Waals surface area contributed by atoms with Gasteiger partial charge in [-0.15, -0.1) is 5.10 Å². The van der Waals surface area contributed by atoms with E-state index in [1.54, 1.807) is 23.9 Å². The number of carbonyl (C=O) groups excluding carboxylic acids is 2. The molecule has 0 radical (unpaired) electrons. The molecule has 0 bridgehead atoms. The van der Waals surface area contributed by atoms with Gasteiger partial charge in [-0.2, -0.15) is 0 Å². The lowest BCUT2D eigenvalue weighted by atomic mass is 9.92. The van der Waals surface area contributed by atoms with Crippen LogP contribution in [-0.2, 0) is 37.8 Å². The second-order valence-electron chi connectivity index (χ2n) is 11.4. The Morgan fingerprint density at radius 3 is 2.74 bits per heavy atom. The van der Waals surface area contributed by atoms with Gasteiger partial charge >= 0.3 is 0 Å². The molecule has 12 heteroatoms. The van der Waals surface area contributed by atoms with Gasteiger partial charge in [0.05, 0.1) is 18.0 Å². The molecule has 2 aromatic heterocycles. The Bertz CT molecular complexity index is 1400. The molecule has 2 N–H and O–H groups in total. The first-order chi connectivity index (χ1) is 20.3. The molecular weight excluding hydrogens is 536 g/mol. The molecule has 2 aliphatic rings. The van der Waals surface area contributed by atoms with Crippen LogP contribution in [0.15, 0.2) is 30.7 Å². The van der Waals surface area contributed by atoms with E-state index in [1.165, 1.54) is 17.5 Å². The van der Waals surface area contributed by atoms with Crippen molar-refractivity contribution >= 4 is 11.8 Å². The number of aliphatic hydroxyl groups is 1. The SMILES string of the molecule is CC(=O)N1CCC(Cc2cc(C(=O)NC[C@H](O)CN3CCc4c(ccc(OCc5cnnn5C)c4C)C3)ncn2)CC1. The summed E-state index contributed by atoms with van der Waals surface area (Å²) in [5.74, 6) is 1.08. The van der Waals surface area contributed by atoms with Crippen LogP contribution in [0.25, 0.3) is 0 Å². The Morgan fingerprint density at radius 2 is 2.00 bits per heavy atom.